The van der Waals surface area contributed by atoms with Gasteiger partial charge < -0.3 is 9.64 Å². The zero-order valence-electron chi connectivity index (χ0n) is 18.1. The summed E-state index contributed by atoms with van der Waals surface area (Å²) in [5.74, 6) is 0.457. The number of hydrogen-bond donors (Lipinski definition) is 1. The highest BCUT2D eigenvalue weighted by molar-refractivity contribution is 5.72. The molecule has 3 aromatic rings. The van der Waals surface area contributed by atoms with E-state index in [2.05, 4.69) is 41.6 Å². The number of rotatable bonds is 5. The fraction of sp³-hybridized carbons (Fsp3) is 0.409. The Morgan fingerprint density at radius 1 is 1.00 bits per heavy atom. The van der Waals surface area contributed by atoms with Gasteiger partial charge in [-0.25, -0.2) is 4.98 Å². The molecule has 0 amide bonds. The van der Waals surface area contributed by atoms with Crippen LogP contribution in [0.3, 0.4) is 0 Å². The number of ether oxygens (including phenoxy) is 1. The Morgan fingerprint density at radius 3 is 2.25 bits per heavy atom. The van der Waals surface area contributed by atoms with Crippen LogP contribution in [0.5, 0.6) is 5.75 Å². The Labute approximate surface area is 184 Å². The number of anilines is 1. The van der Waals surface area contributed by atoms with Crippen LogP contribution in [0.1, 0.15) is 29.9 Å². The first kappa shape index (κ1) is 22.1. The minimum atomic E-state index is -4.72. The molecule has 1 atom stereocenters. The molecule has 10 heteroatoms. The van der Waals surface area contributed by atoms with E-state index in [0.29, 0.717) is 11.3 Å². The van der Waals surface area contributed by atoms with E-state index in [1.54, 1.807) is 24.5 Å². The molecule has 0 aliphatic carbocycles. The van der Waals surface area contributed by atoms with Crippen LogP contribution in [0.4, 0.5) is 19.0 Å². The van der Waals surface area contributed by atoms with Gasteiger partial charge >= 0.3 is 6.36 Å². The SMILES string of the molecule is Cc1n[nH]c(C)c1C(C)N1CCN(c2nccnc2-c2ccc(OC(F)(F)F)cc2)CC1. The number of nitrogens with one attached hydrogen (secondary N) is 1. The van der Waals surface area contributed by atoms with Gasteiger partial charge in [0.05, 0.1) is 5.69 Å². The molecule has 3 heterocycles. The van der Waals surface area contributed by atoms with E-state index < -0.39 is 6.36 Å². The van der Waals surface area contributed by atoms with Crippen LogP contribution in [0.2, 0.25) is 0 Å². The second-order valence-corrected chi connectivity index (χ2v) is 7.85. The molecule has 1 aliphatic heterocycles. The number of benzene rings is 1. The Bertz CT molecular complexity index is 1040. The molecule has 7 nitrogen and oxygen atoms in total. The molecule has 1 aromatic carbocycles. The summed E-state index contributed by atoms with van der Waals surface area (Å²) in [5, 5.41) is 7.37. The third-order valence-electron chi connectivity index (χ3n) is 5.80. The van der Waals surface area contributed by atoms with Gasteiger partial charge in [-0.05, 0) is 45.0 Å². The number of alkyl halides is 3. The molecule has 2 aromatic heterocycles. The van der Waals surface area contributed by atoms with Crippen molar-refractivity contribution in [2.45, 2.75) is 33.2 Å². The van der Waals surface area contributed by atoms with Gasteiger partial charge in [-0.2, -0.15) is 5.10 Å². The summed E-state index contributed by atoms with van der Waals surface area (Å²) in [6.07, 6.45) is -1.50. The normalized spacial score (nSPS) is 16.2. The molecule has 0 spiro atoms. The number of aromatic amines is 1. The molecule has 32 heavy (non-hydrogen) atoms. The fourth-order valence-corrected chi connectivity index (χ4v) is 4.26. The number of hydrogen-bond acceptors (Lipinski definition) is 6. The van der Waals surface area contributed by atoms with Crippen molar-refractivity contribution >= 4 is 5.82 Å². The van der Waals surface area contributed by atoms with Crippen molar-refractivity contribution in [3.63, 3.8) is 0 Å². The van der Waals surface area contributed by atoms with Crippen LogP contribution in [0, 0.1) is 13.8 Å². The van der Waals surface area contributed by atoms with E-state index in [4.69, 9.17) is 0 Å². The van der Waals surface area contributed by atoms with Gasteiger partial charge in [0.15, 0.2) is 5.82 Å². The summed E-state index contributed by atoms with van der Waals surface area (Å²) in [7, 11) is 0. The van der Waals surface area contributed by atoms with Crippen LogP contribution in [0.15, 0.2) is 36.7 Å². The smallest absolute Gasteiger partial charge is 0.406 e. The minimum Gasteiger partial charge on any atom is -0.406 e. The molecular formula is C22H25F3N6O. The van der Waals surface area contributed by atoms with Crippen LogP contribution in [-0.2, 0) is 0 Å². The summed E-state index contributed by atoms with van der Waals surface area (Å²) in [6.45, 7) is 9.47. The summed E-state index contributed by atoms with van der Waals surface area (Å²) in [6, 6.07) is 5.96. The Kier molecular flexibility index (Phi) is 6.05. The van der Waals surface area contributed by atoms with Gasteiger partial charge in [0, 0.05) is 61.4 Å². The highest BCUT2D eigenvalue weighted by Gasteiger charge is 2.31. The molecule has 4 rings (SSSR count). The first-order valence-electron chi connectivity index (χ1n) is 10.4. The standard InChI is InChI=1S/C22H25F3N6O/c1-14-19(15(2)29-28-14)16(3)30-10-12-31(13-11-30)21-20(26-8-9-27-21)17-4-6-18(7-5-17)32-22(23,24)25/h4-9,16H,10-13H2,1-3H3,(H,28,29). The van der Waals surface area contributed by atoms with Gasteiger partial charge in [0.1, 0.15) is 11.4 Å². The highest BCUT2D eigenvalue weighted by atomic mass is 19.4. The van der Waals surface area contributed by atoms with E-state index in [1.807, 2.05) is 13.8 Å². The van der Waals surface area contributed by atoms with E-state index >= 15 is 0 Å². The quantitative estimate of drug-likeness (QED) is 0.632. The van der Waals surface area contributed by atoms with Crippen molar-refractivity contribution in [3.8, 4) is 17.0 Å². The second kappa shape index (κ2) is 8.78. The maximum absolute atomic E-state index is 12.4. The maximum atomic E-state index is 12.4. The topological polar surface area (TPSA) is 70.2 Å². The first-order chi connectivity index (χ1) is 15.2. The lowest BCUT2D eigenvalue weighted by molar-refractivity contribution is -0.274. The summed E-state index contributed by atoms with van der Waals surface area (Å²) in [4.78, 5) is 13.6. The third-order valence-corrected chi connectivity index (χ3v) is 5.80. The molecule has 0 bridgehead atoms. The summed E-state index contributed by atoms with van der Waals surface area (Å²) >= 11 is 0. The lowest BCUT2D eigenvalue weighted by atomic mass is 10.0. The van der Waals surface area contributed by atoms with Gasteiger partial charge in [-0.3, -0.25) is 15.0 Å². The molecule has 1 N–H and O–H groups in total. The third kappa shape index (κ3) is 4.69. The summed E-state index contributed by atoms with van der Waals surface area (Å²) < 4.78 is 41.3. The van der Waals surface area contributed by atoms with Crippen LogP contribution in [-0.4, -0.2) is 57.6 Å². The molecule has 0 saturated carbocycles. The molecule has 1 aliphatic rings. The molecule has 170 valence electrons. The zero-order valence-corrected chi connectivity index (χ0v) is 18.1. The predicted octanol–water partition coefficient (Wildman–Crippen LogP) is 4.27. The fourth-order valence-electron chi connectivity index (χ4n) is 4.26. The number of aryl methyl sites for hydroxylation is 2. The maximum Gasteiger partial charge on any atom is 0.573 e. The monoisotopic (exact) mass is 446 g/mol. The van der Waals surface area contributed by atoms with Gasteiger partial charge in [-0.1, -0.05) is 0 Å². The van der Waals surface area contributed by atoms with Crippen LogP contribution >= 0.6 is 0 Å². The van der Waals surface area contributed by atoms with Gasteiger partial charge in [-0.15, -0.1) is 13.2 Å². The number of H-pyrrole nitrogens is 1. The number of piperazine rings is 1. The van der Waals surface area contributed by atoms with Crippen molar-refractivity contribution in [2.24, 2.45) is 0 Å². The molecule has 1 saturated heterocycles. The first-order valence-corrected chi connectivity index (χ1v) is 10.4. The second-order valence-electron chi connectivity index (χ2n) is 7.85. The van der Waals surface area contributed by atoms with E-state index in [9.17, 15) is 13.2 Å². The van der Waals surface area contributed by atoms with Crippen molar-refractivity contribution in [1.82, 2.24) is 25.1 Å². The Balaban J connectivity index is 1.48. The average molecular weight is 446 g/mol. The van der Waals surface area contributed by atoms with Crippen molar-refractivity contribution in [2.75, 3.05) is 31.1 Å². The average Bonchev–Trinajstić information content (AvgIpc) is 3.11. The number of halogens is 3. The van der Waals surface area contributed by atoms with Crippen LogP contribution < -0.4 is 9.64 Å². The molecule has 0 radical (unpaired) electrons. The van der Waals surface area contributed by atoms with E-state index in [1.165, 1.54) is 17.7 Å². The molecular weight excluding hydrogens is 421 g/mol. The molecule has 1 fully saturated rings. The Hall–Kier alpha value is -3.14. The number of aromatic nitrogens is 4. The minimum absolute atomic E-state index is 0.249. The lowest BCUT2D eigenvalue weighted by Crippen LogP contribution is -2.47. The summed E-state index contributed by atoms with van der Waals surface area (Å²) in [5.41, 5.74) is 4.66. The van der Waals surface area contributed by atoms with E-state index in [-0.39, 0.29) is 11.8 Å². The van der Waals surface area contributed by atoms with Crippen molar-refractivity contribution in [3.05, 3.63) is 53.6 Å². The van der Waals surface area contributed by atoms with Crippen molar-refractivity contribution < 1.29 is 17.9 Å². The lowest BCUT2D eigenvalue weighted by Gasteiger charge is -2.39. The van der Waals surface area contributed by atoms with Gasteiger partial charge in [0.2, 0.25) is 0 Å². The van der Waals surface area contributed by atoms with Crippen molar-refractivity contribution in [1.29, 1.82) is 0 Å². The number of nitrogens with zero attached hydrogens (tertiary/aromatic N) is 5. The highest BCUT2D eigenvalue weighted by Crippen LogP contribution is 2.32. The Morgan fingerprint density at radius 2 is 1.66 bits per heavy atom. The largest absolute Gasteiger partial charge is 0.573 e. The molecule has 1 unspecified atom stereocenters. The predicted molar refractivity (Wildman–Crippen MR) is 114 cm³/mol. The van der Waals surface area contributed by atoms with Gasteiger partial charge in [0.25, 0.3) is 0 Å². The zero-order chi connectivity index (χ0) is 22.9. The van der Waals surface area contributed by atoms with E-state index in [0.717, 1.165) is 43.4 Å². The van der Waals surface area contributed by atoms with Crippen LogP contribution in [0.25, 0.3) is 11.3 Å².